The molecule has 0 aromatic heterocycles. The Morgan fingerprint density at radius 2 is 1.90 bits per heavy atom. The zero-order chi connectivity index (χ0) is 15.8. The number of hydrogen-bond acceptors (Lipinski definition) is 4. The lowest BCUT2D eigenvalue weighted by Gasteiger charge is -2.29. The minimum Gasteiger partial charge on any atom is -0.493 e. The van der Waals surface area contributed by atoms with Gasteiger partial charge in [0.15, 0.2) is 0 Å². The molecule has 0 aromatic carbocycles. The third kappa shape index (κ3) is 4.72. The van der Waals surface area contributed by atoms with E-state index >= 15 is 0 Å². The van der Waals surface area contributed by atoms with Crippen LogP contribution in [0.25, 0.3) is 0 Å². The van der Waals surface area contributed by atoms with Gasteiger partial charge >= 0.3 is 0 Å². The van der Waals surface area contributed by atoms with Gasteiger partial charge in [0.1, 0.15) is 17.6 Å². The lowest BCUT2D eigenvalue weighted by Crippen LogP contribution is -2.35. The second kappa shape index (κ2) is 8.64. The fourth-order valence-electron chi connectivity index (χ4n) is 2.24. The smallest absolute Gasteiger partial charge is 0.127 e. The van der Waals surface area contributed by atoms with Gasteiger partial charge in [-0.2, -0.15) is 0 Å². The molecule has 1 aliphatic carbocycles. The molecule has 0 saturated carbocycles. The Hall–Kier alpha value is -1.59. The van der Waals surface area contributed by atoms with E-state index in [-0.39, 0.29) is 5.83 Å². The summed E-state index contributed by atoms with van der Waals surface area (Å²) in [5.41, 5.74) is 7.17. The van der Waals surface area contributed by atoms with Gasteiger partial charge in [-0.1, -0.05) is 0 Å². The molecule has 2 aliphatic rings. The molecular weight excluding hydrogens is 271 g/mol. The number of methoxy groups -OCH3 is 1. The van der Waals surface area contributed by atoms with Gasteiger partial charge < -0.3 is 20.5 Å². The lowest BCUT2D eigenvalue weighted by molar-refractivity contribution is 0.147. The van der Waals surface area contributed by atoms with Crippen LogP contribution >= 0.6 is 0 Å². The highest BCUT2D eigenvalue weighted by Gasteiger charge is 2.27. The topological polar surface area (TPSA) is 56.5 Å². The predicted octanol–water partition coefficient (Wildman–Crippen LogP) is 2.56. The average Bonchev–Trinajstić information content (AvgIpc) is 2.47. The highest BCUT2D eigenvalue weighted by atomic mass is 19.1. The van der Waals surface area contributed by atoms with E-state index < -0.39 is 6.04 Å². The summed E-state index contributed by atoms with van der Waals surface area (Å²) in [4.78, 5) is 0. The maximum absolute atomic E-state index is 14.0. The van der Waals surface area contributed by atoms with Gasteiger partial charge in [0.05, 0.1) is 6.61 Å². The normalized spacial score (nSPS) is 20.3. The molecule has 1 heterocycles. The summed E-state index contributed by atoms with van der Waals surface area (Å²) in [6, 6.07) is -0.411. The minimum absolute atomic E-state index is 0.166. The molecule has 0 saturated heterocycles. The van der Waals surface area contributed by atoms with E-state index in [1.165, 1.54) is 7.05 Å². The highest BCUT2D eigenvalue weighted by molar-refractivity contribution is 5.50. The Kier molecular flexibility index (Phi) is 7.19. The van der Waals surface area contributed by atoms with Crippen molar-refractivity contribution >= 4 is 0 Å². The van der Waals surface area contributed by atoms with E-state index in [0.717, 1.165) is 29.0 Å². The number of ether oxygens (including phenoxy) is 2. The summed E-state index contributed by atoms with van der Waals surface area (Å²) >= 11 is 0. The van der Waals surface area contributed by atoms with Gasteiger partial charge in [-0.05, 0) is 44.7 Å². The molecule has 1 aliphatic heterocycles. The molecule has 0 radical (unpaired) electrons. The summed E-state index contributed by atoms with van der Waals surface area (Å²) < 4.78 is 24.7. The van der Waals surface area contributed by atoms with Crippen molar-refractivity contribution < 1.29 is 13.9 Å². The Morgan fingerprint density at radius 3 is 2.57 bits per heavy atom. The summed E-state index contributed by atoms with van der Waals surface area (Å²) in [7, 11) is 3.17. The molecule has 0 amide bonds. The van der Waals surface area contributed by atoms with Crippen LogP contribution in [-0.4, -0.2) is 33.4 Å². The van der Waals surface area contributed by atoms with Crippen LogP contribution in [0.2, 0.25) is 0 Å². The van der Waals surface area contributed by atoms with Gasteiger partial charge in [0.25, 0.3) is 0 Å². The van der Waals surface area contributed by atoms with Gasteiger partial charge in [0, 0.05) is 31.4 Å². The van der Waals surface area contributed by atoms with E-state index in [4.69, 9.17) is 9.47 Å². The average molecular weight is 296 g/mol. The van der Waals surface area contributed by atoms with Crippen molar-refractivity contribution in [2.45, 2.75) is 26.3 Å². The molecule has 2 rings (SSSR count). The Bertz CT molecular complexity index is 479. The van der Waals surface area contributed by atoms with Crippen LogP contribution in [0.15, 0.2) is 46.7 Å². The quantitative estimate of drug-likeness (QED) is 0.766. The van der Waals surface area contributed by atoms with Crippen LogP contribution in [0.1, 0.15) is 20.3 Å². The first-order chi connectivity index (χ1) is 10.1. The van der Waals surface area contributed by atoms with Crippen LogP contribution in [-0.2, 0) is 9.47 Å². The molecule has 3 N–H and O–H groups in total. The van der Waals surface area contributed by atoms with Crippen molar-refractivity contribution in [1.82, 2.24) is 5.32 Å². The van der Waals surface area contributed by atoms with Crippen LogP contribution in [0.4, 0.5) is 4.39 Å². The zero-order valence-electron chi connectivity index (χ0n) is 13.2. The zero-order valence-corrected chi connectivity index (χ0v) is 13.2. The second-order valence-corrected chi connectivity index (χ2v) is 4.84. The third-order valence-corrected chi connectivity index (χ3v) is 3.09. The Morgan fingerprint density at radius 1 is 1.19 bits per heavy atom. The summed E-state index contributed by atoms with van der Waals surface area (Å²) in [5.74, 6) is 0.584. The van der Waals surface area contributed by atoms with Crippen LogP contribution in [0.5, 0.6) is 0 Å². The van der Waals surface area contributed by atoms with Crippen molar-refractivity contribution in [3.63, 3.8) is 0 Å². The molecule has 0 fully saturated rings. The first-order valence-electron chi connectivity index (χ1n) is 7.05. The number of hydrogen-bond donors (Lipinski definition) is 2. The maximum atomic E-state index is 14.0. The van der Waals surface area contributed by atoms with Gasteiger partial charge in [-0.25, -0.2) is 4.39 Å². The monoisotopic (exact) mass is 296 g/mol. The molecule has 1 atom stereocenters. The van der Waals surface area contributed by atoms with E-state index in [2.05, 4.69) is 11.1 Å². The Labute approximate surface area is 126 Å². The first kappa shape index (κ1) is 17.5. The SMILES string of the molecule is CN.COCCCOC1=C2C=C(C)C=C(F)C2NC(C)=C1. The van der Waals surface area contributed by atoms with Crippen molar-refractivity contribution in [1.29, 1.82) is 0 Å². The van der Waals surface area contributed by atoms with Crippen molar-refractivity contribution in [2.75, 3.05) is 27.4 Å². The number of nitrogens with one attached hydrogen (secondary N) is 1. The lowest BCUT2D eigenvalue weighted by atomic mass is 9.93. The summed E-state index contributed by atoms with van der Waals surface area (Å²) in [6.45, 7) is 5.03. The van der Waals surface area contributed by atoms with E-state index in [9.17, 15) is 4.39 Å². The van der Waals surface area contributed by atoms with E-state index in [1.807, 2.05) is 26.0 Å². The number of dihydropyridines is 1. The standard InChI is InChI=1S/C15H20FNO2.CH5N/c1-10-7-12-14(19-6-4-5-18-3)9-11(2)17-15(12)13(16)8-10;1-2/h7-9,15,17H,4-6H2,1-3H3;2H2,1H3. The Balaban J connectivity index is 0.00000106. The largest absolute Gasteiger partial charge is 0.493 e. The fraction of sp³-hybridized carbons (Fsp3) is 0.500. The highest BCUT2D eigenvalue weighted by Crippen LogP contribution is 2.30. The van der Waals surface area contributed by atoms with Gasteiger partial charge in [-0.3, -0.25) is 0 Å². The maximum Gasteiger partial charge on any atom is 0.127 e. The third-order valence-electron chi connectivity index (χ3n) is 3.09. The molecule has 0 spiro atoms. The summed E-state index contributed by atoms with van der Waals surface area (Å²) in [5, 5.41) is 3.13. The van der Waals surface area contributed by atoms with Crippen molar-refractivity contribution in [3.05, 3.63) is 46.7 Å². The first-order valence-corrected chi connectivity index (χ1v) is 7.05. The molecule has 0 aromatic rings. The minimum atomic E-state index is -0.411. The molecule has 118 valence electrons. The molecule has 21 heavy (non-hydrogen) atoms. The van der Waals surface area contributed by atoms with Crippen LogP contribution in [0.3, 0.4) is 0 Å². The number of fused-ring (bicyclic) bond motifs is 1. The van der Waals surface area contributed by atoms with Gasteiger partial charge in [0.2, 0.25) is 0 Å². The van der Waals surface area contributed by atoms with Crippen molar-refractivity contribution in [2.24, 2.45) is 5.73 Å². The predicted molar refractivity (Wildman–Crippen MR) is 83.2 cm³/mol. The molecular formula is C16H25FN2O2. The number of allylic oxidation sites excluding steroid dienone is 4. The number of nitrogens with two attached hydrogens (primary N) is 1. The fourth-order valence-corrected chi connectivity index (χ4v) is 2.24. The molecule has 4 nitrogen and oxygen atoms in total. The molecule has 1 unspecified atom stereocenters. The molecule has 0 bridgehead atoms. The van der Waals surface area contributed by atoms with Crippen LogP contribution in [0, 0.1) is 0 Å². The van der Waals surface area contributed by atoms with E-state index in [0.29, 0.717) is 13.2 Å². The van der Waals surface area contributed by atoms with Crippen LogP contribution < -0.4 is 11.1 Å². The van der Waals surface area contributed by atoms with E-state index in [1.54, 1.807) is 13.2 Å². The summed E-state index contributed by atoms with van der Waals surface area (Å²) in [6.07, 6.45) is 6.26. The molecule has 5 heteroatoms. The number of rotatable bonds is 5. The number of halogens is 1. The van der Waals surface area contributed by atoms with Crippen molar-refractivity contribution in [3.8, 4) is 0 Å². The second-order valence-electron chi connectivity index (χ2n) is 4.84. The van der Waals surface area contributed by atoms with Gasteiger partial charge in [-0.15, -0.1) is 0 Å².